The van der Waals surface area contributed by atoms with Crippen molar-refractivity contribution in [3.8, 4) is 73.4 Å². The number of anilines is 3. The fourth-order valence-electron chi connectivity index (χ4n) is 8.37. The molecule has 0 saturated heterocycles. The largest absolute Gasteiger partial charge is 0.309 e. The molecule has 11 rings (SSSR count). The van der Waals surface area contributed by atoms with Gasteiger partial charge in [0.2, 0.25) is 0 Å². The highest BCUT2D eigenvalue weighted by Crippen LogP contribution is 2.54. The molecule has 10 aromatic rings. The molecule has 0 atom stereocenters. The number of hydrogen-bond acceptors (Lipinski definition) is 4. The highest BCUT2D eigenvalue weighted by molar-refractivity contribution is 6.13. The number of benzene rings is 8. The fourth-order valence-corrected chi connectivity index (χ4v) is 8.37. The van der Waals surface area contributed by atoms with E-state index in [9.17, 15) is 0 Å². The van der Waals surface area contributed by atoms with Gasteiger partial charge in [-0.15, -0.1) is 0 Å². The van der Waals surface area contributed by atoms with Crippen LogP contribution in [0.3, 0.4) is 0 Å². The average molecular weight is 742 g/mol. The molecule has 0 radical (unpaired) electrons. The Morgan fingerprint density at radius 3 is 1.48 bits per heavy atom. The van der Waals surface area contributed by atoms with Gasteiger partial charge in [0.15, 0.2) is 17.5 Å². The summed E-state index contributed by atoms with van der Waals surface area (Å²) < 4.78 is 2.43. The van der Waals surface area contributed by atoms with Crippen LogP contribution in [0.2, 0.25) is 0 Å². The van der Waals surface area contributed by atoms with Crippen LogP contribution < -0.4 is 4.90 Å². The Hall–Kier alpha value is -7.89. The third-order valence-electron chi connectivity index (χ3n) is 11.0. The van der Waals surface area contributed by atoms with Gasteiger partial charge in [0, 0.05) is 50.1 Å². The minimum Gasteiger partial charge on any atom is -0.309 e. The van der Waals surface area contributed by atoms with E-state index < -0.39 is 0 Å². The molecule has 0 spiro atoms. The molecule has 1 aliphatic heterocycles. The number of para-hydroxylation sites is 4. The molecule has 0 aliphatic carbocycles. The Labute approximate surface area is 336 Å². The van der Waals surface area contributed by atoms with Gasteiger partial charge >= 0.3 is 0 Å². The van der Waals surface area contributed by atoms with Crippen molar-refractivity contribution in [1.29, 1.82) is 0 Å². The molecular weight excluding hydrogens is 707 g/mol. The molecule has 0 unspecified atom stereocenters. The fraction of sp³-hybridized carbons (Fsp3) is 0. The lowest BCUT2D eigenvalue weighted by Crippen LogP contribution is -2.11. The summed E-state index contributed by atoms with van der Waals surface area (Å²) in [5, 5.41) is 1.22. The van der Waals surface area contributed by atoms with Crippen molar-refractivity contribution < 1.29 is 0 Å². The molecule has 3 heterocycles. The first kappa shape index (κ1) is 33.4. The predicted molar refractivity (Wildman–Crippen MR) is 238 cm³/mol. The van der Waals surface area contributed by atoms with E-state index in [1.54, 1.807) is 0 Å². The molecule has 2 aromatic heterocycles. The quantitative estimate of drug-likeness (QED) is 0.170. The van der Waals surface area contributed by atoms with Crippen molar-refractivity contribution in [2.75, 3.05) is 4.90 Å². The Bertz CT molecular complexity index is 3060. The Kier molecular flexibility index (Phi) is 8.07. The zero-order chi connectivity index (χ0) is 38.4. The predicted octanol–water partition coefficient (Wildman–Crippen LogP) is 13.6. The van der Waals surface area contributed by atoms with Crippen LogP contribution in [-0.4, -0.2) is 19.5 Å². The van der Waals surface area contributed by atoms with Gasteiger partial charge in [0.05, 0.1) is 22.6 Å². The minimum absolute atomic E-state index is 0.630. The highest BCUT2D eigenvalue weighted by Gasteiger charge is 2.31. The standard InChI is InChI=1S/C53H35N5/c1-4-18-36(19-5-1)51-54-52(37-20-6-2-7-21-37)56-53(55-51)40-24-16-22-38(34-40)39-23-17-27-42(35-39)57-46-31-13-10-28-43(46)49-44-29-11-14-32-47(44)58(41-25-8-3-9-26-41)50(49)45-30-12-15-33-48(45)57/h1-35H. The summed E-state index contributed by atoms with van der Waals surface area (Å²) in [5.41, 5.74) is 15.4. The Balaban J connectivity index is 1.07. The molecule has 272 valence electrons. The van der Waals surface area contributed by atoms with Gasteiger partial charge < -0.3 is 9.47 Å². The van der Waals surface area contributed by atoms with Crippen molar-refractivity contribution in [1.82, 2.24) is 19.5 Å². The lowest BCUT2D eigenvalue weighted by molar-refractivity contribution is 1.07. The van der Waals surface area contributed by atoms with E-state index in [0.29, 0.717) is 17.5 Å². The van der Waals surface area contributed by atoms with Crippen LogP contribution in [0.4, 0.5) is 17.1 Å². The van der Waals surface area contributed by atoms with Crippen molar-refractivity contribution >= 4 is 28.0 Å². The summed E-state index contributed by atoms with van der Waals surface area (Å²) in [6.07, 6.45) is 0. The molecule has 0 fully saturated rings. The van der Waals surface area contributed by atoms with E-state index in [4.69, 9.17) is 15.0 Å². The van der Waals surface area contributed by atoms with E-state index in [1.165, 1.54) is 33.3 Å². The van der Waals surface area contributed by atoms with Crippen molar-refractivity contribution in [2.45, 2.75) is 0 Å². The first-order chi connectivity index (χ1) is 28.8. The van der Waals surface area contributed by atoms with Gasteiger partial charge in [0.1, 0.15) is 0 Å². The monoisotopic (exact) mass is 741 g/mol. The van der Waals surface area contributed by atoms with Crippen LogP contribution >= 0.6 is 0 Å². The van der Waals surface area contributed by atoms with Gasteiger partial charge in [-0.1, -0.05) is 164 Å². The van der Waals surface area contributed by atoms with Crippen molar-refractivity contribution in [3.63, 3.8) is 0 Å². The summed E-state index contributed by atoms with van der Waals surface area (Å²) in [7, 11) is 0. The van der Waals surface area contributed by atoms with Gasteiger partial charge in [-0.25, -0.2) is 15.0 Å². The van der Waals surface area contributed by atoms with Gasteiger partial charge in [-0.2, -0.15) is 0 Å². The molecule has 0 bridgehead atoms. The molecule has 58 heavy (non-hydrogen) atoms. The Morgan fingerprint density at radius 1 is 0.328 bits per heavy atom. The average Bonchev–Trinajstić information content (AvgIpc) is 3.59. The first-order valence-electron chi connectivity index (χ1n) is 19.5. The number of fused-ring (bicyclic) bond motifs is 7. The number of nitrogens with zero attached hydrogens (tertiary/aromatic N) is 5. The molecule has 1 aliphatic rings. The van der Waals surface area contributed by atoms with Crippen LogP contribution in [0.25, 0.3) is 84.3 Å². The maximum atomic E-state index is 5.02. The van der Waals surface area contributed by atoms with Crippen LogP contribution in [0.1, 0.15) is 0 Å². The van der Waals surface area contributed by atoms with Crippen LogP contribution in [0.15, 0.2) is 212 Å². The summed E-state index contributed by atoms with van der Waals surface area (Å²) in [5.74, 6) is 1.92. The van der Waals surface area contributed by atoms with Gasteiger partial charge in [-0.3, -0.25) is 0 Å². The molecule has 8 aromatic carbocycles. The summed E-state index contributed by atoms with van der Waals surface area (Å²) >= 11 is 0. The molecule has 0 N–H and O–H groups in total. The molecular formula is C53H35N5. The lowest BCUT2D eigenvalue weighted by Gasteiger charge is -2.28. The molecule has 5 heteroatoms. The zero-order valence-electron chi connectivity index (χ0n) is 31.4. The number of hydrogen-bond donors (Lipinski definition) is 0. The maximum absolute atomic E-state index is 5.02. The number of aromatic nitrogens is 4. The second-order valence-corrected chi connectivity index (χ2v) is 14.5. The third-order valence-corrected chi connectivity index (χ3v) is 11.0. The summed E-state index contributed by atoms with van der Waals surface area (Å²) in [4.78, 5) is 17.4. The van der Waals surface area contributed by atoms with Crippen molar-refractivity contribution in [2.24, 2.45) is 0 Å². The Morgan fingerprint density at radius 2 is 0.793 bits per heavy atom. The maximum Gasteiger partial charge on any atom is 0.164 e. The van der Waals surface area contributed by atoms with Crippen molar-refractivity contribution in [3.05, 3.63) is 212 Å². The SMILES string of the molecule is c1ccc(-c2nc(-c3ccccc3)nc(-c3cccc(-c4cccc(N5c6ccccc6-c6c(n(-c7ccccc7)c7ccccc67)-c6ccccc65)c4)c3)n2)cc1. The normalized spacial score (nSPS) is 11.8. The second kappa shape index (κ2) is 14.0. The second-order valence-electron chi connectivity index (χ2n) is 14.5. The first-order valence-corrected chi connectivity index (χ1v) is 19.5. The zero-order valence-corrected chi connectivity index (χ0v) is 31.4. The number of rotatable bonds is 6. The topological polar surface area (TPSA) is 46.8 Å². The smallest absolute Gasteiger partial charge is 0.164 e. The lowest BCUT2D eigenvalue weighted by atomic mass is 9.98. The van der Waals surface area contributed by atoms with E-state index in [1.807, 2.05) is 60.7 Å². The molecule has 0 saturated carbocycles. The van der Waals surface area contributed by atoms with Gasteiger partial charge in [0.25, 0.3) is 0 Å². The molecule has 5 nitrogen and oxygen atoms in total. The van der Waals surface area contributed by atoms with E-state index in [2.05, 4.69) is 161 Å². The van der Waals surface area contributed by atoms with Crippen LogP contribution in [0.5, 0.6) is 0 Å². The highest BCUT2D eigenvalue weighted by atomic mass is 15.2. The molecule has 0 amide bonds. The van der Waals surface area contributed by atoms with E-state index in [0.717, 1.165) is 50.6 Å². The van der Waals surface area contributed by atoms with E-state index in [-0.39, 0.29) is 0 Å². The summed E-state index contributed by atoms with van der Waals surface area (Å²) in [6, 6.07) is 74.7. The van der Waals surface area contributed by atoms with Crippen LogP contribution in [0, 0.1) is 0 Å². The van der Waals surface area contributed by atoms with Crippen LogP contribution in [-0.2, 0) is 0 Å². The summed E-state index contributed by atoms with van der Waals surface area (Å²) in [6.45, 7) is 0. The third kappa shape index (κ3) is 5.68. The van der Waals surface area contributed by atoms with Gasteiger partial charge in [-0.05, 0) is 59.7 Å². The minimum atomic E-state index is 0.630. The van der Waals surface area contributed by atoms with E-state index >= 15 is 0 Å².